The monoisotopic (exact) mass is 288 g/mol. The van der Waals surface area contributed by atoms with Gasteiger partial charge in [0.05, 0.1) is 7.11 Å². The summed E-state index contributed by atoms with van der Waals surface area (Å²) in [6.07, 6.45) is 0.550. The lowest BCUT2D eigenvalue weighted by molar-refractivity contribution is -0.215. The Morgan fingerprint density at radius 1 is 0.952 bits per heavy atom. The molecule has 4 nitrogen and oxygen atoms in total. The highest BCUT2D eigenvalue weighted by atomic mass is 16.7. The van der Waals surface area contributed by atoms with E-state index in [1.165, 1.54) is 7.11 Å². The van der Waals surface area contributed by atoms with Crippen molar-refractivity contribution in [2.45, 2.75) is 12.2 Å². The first-order valence-corrected chi connectivity index (χ1v) is 6.67. The number of hydrogen-bond acceptors (Lipinski definition) is 4. The molecule has 112 valence electrons. The molecule has 1 N–H and O–H groups in total. The molecule has 0 bridgehead atoms. The number of benzene rings is 2. The van der Waals surface area contributed by atoms with Crippen molar-refractivity contribution in [1.82, 2.24) is 0 Å². The highest BCUT2D eigenvalue weighted by Crippen LogP contribution is 2.35. The smallest absolute Gasteiger partial charge is 0.198 e. The Hall–Kier alpha value is -2.04. The molecule has 0 aliphatic rings. The average molecular weight is 288 g/mol. The van der Waals surface area contributed by atoms with Crippen LogP contribution in [0.1, 0.15) is 11.1 Å². The number of rotatable bonds is 6. The number of ether oxygens (including phenoxy) is 3. The van der Waals surface area contributed by atoms with Crippen molar-refractivity contribution in [3.05, 3.63) is 59.7 Å². The molecule has 0 unspecified atom stereocenters. The van der Waals surface area contributed by atoms with E-state index in [0.29, 0.717) is 12.2 Å². The first kappa shape index (κ1) is 15.4. The Morgan fingerprint density at radius 2 is 1.62 bits per heavy atom. The Morgan fingerprint density at radius 3 is 2.19 bits per heavy atom. The van der Waals surface area contributed by atoms with Crippen LogP contribution in [0.15, 0.2) is 48.5 Å². The first-order chi connectivity index (χ1) is 10.1. The molecule has 0 amide bonds. The normalized spacial score (nSPS) is 11.4. The summed E-state index contributed by atoms with van der Waals surface area (Å²) >= 11 is 0. The van der Waals surface area contributed by atoms with E-state index in [9.17, 15) is 5.11 Å². The molecule has 0 saturated heterocycles. The molecule has 0 aliphatic carbocycles. The van der Waals surface area contributed by atoms with Gasteiger partial charge < -0.3 is 19.3 Å². The molecule has 0 saturated carbocycles. The summed E-state index contributed by atoms with van der Waals surface area (Å²) in [6, 6.07) is 15.0. The predicted octanol–water partition coefficient (Wildman–Crippen LogP) is 3.09. The van der Waals surface area contributed by atoms with Gasteiger partial charge in [0, 0.05) is 26.2 Å². The Bertz CT molecular complexity index is 577. The van der Waals surface area contributed by atoms with Gasteiger partial charge in [0.25, 0.3) is 0 Å². The predicted molar refractivity (Wildman–Crippen MR) is 80.5 cm³/mol. The maximum absolute atomic E-state index is 9.73. The van der Waals surface area contributed by atoms with Crippen molar-refractivity contribution in [2.24, 2.45) is 0 Å². The van der Waals surface area contributed by atoms with Gasteiger partial charge in [0.15, 0.2) is 17.3 Å². The van der Waals surface area contributed by atoms with E-state index in [1.54, 1.807) is 32.4 Å². The van der Waals surface area contributed by atoms with Crippen molar-refractivity contribution in [1.29, 1.82) is 0 Å². The zero-order valence-electron chi connectivity index (χ0n) is 12.5. The second-order valence-electron chi connectivity index (χ2n) is 4.71. The maximum Gasteiger partial charge on any atom is 0.198 e. The molecular formula is C17H20O4. The molecule has 2 aromatic rings. The van der Waals surface area contributed by atoms with Gasteiger partial charge in [-0.1, -0.05) is 30.3 Å². The largest absolute Gasteiger partial charge is 0.504 e. The summed E-state index contributed by atoms with van der Waals surface area (Å²) in [5.74, 6) is -0.455. The Kier molecular flexibility index (Phi) is 4.83. The topological polar surface area (TPSA) is 47.9 Å². The van der Waals surface area contributed by atoms with Gasteiger partial charge in [0.1, 0.15) is 0 Å². The minimum Gasteiger partial charge on any atom is -0.504 e. The van der Waals surface area contributed by atoms with Crippen molar-refractivity contribution in [2.75, 3.05) is 21.3 Å². The molecule has 21 heavy (non-hydrogen) atoms. The van der Waals surface area contributed by atoms with Crippen LogP contribution in [0, 0.1) is 0 Å². The molecule has 0 aromatic heterocycles. The Labute approximate surface area is 124 Å². The first-order valence-electron chi connectivity index (χ1n) is 6.67. The van der Waals surface area contributed by atoms with Crippen LogP contribution in [0.5, 0.6) is 11.5 Å². The van der Waals surface area contributed by atoms with Crippen molar-refractivity contribution >= 4 is 0 Å². The van der Waals surface area contributed by atoms with Gasteiger partial charge in [0.2, 0.25) is 0 Å². The van der Waals surface area contributed by atoms with E-state index in [1.807, 2.05) is 30.3 Å². The van der Waals surface area contributed by atoms with E-state index < -0.39 is 5.79 Å². The molecule has 0 radical (unpaired) electrons. The number of hydrogen-bond donors (Lipinski definition) is 1. The molecule has 0 spiro atoms. The van der Waals surface area contributed by atoms with E-state index in [0.717, 1.165) is 11.1 Å². The highest BCUT2D eigenvalue weighted by Gasteiger charge is 2.33. The molecule has 0 heterocycles. The fourth-order valence-electron chi connectivity index (χ4n) is 2.34. The quantitative estimate of drug-likeness (QED) is 0.830. The van der Waals surface area contributed by atoms with Crippen molar-refractivity contribution in [3.8, 4) is 11.5 Å². The standard InChI is InChI=1S/C17H20O4/c1-19-16-11-14(9-10-15(16)18)17(20-2,21-3)12-13-7-5-4-6-8-13/h4-11,18H,12H2,1-3H3. The second-order valence-corrected chi connectivity index (χ2v) is 4.71. The summed E-state index contributed by atoms with van der Waals surface area (Å²) in [6.45, 7) is 0. The number of phenols is 1. The summed E-state index contributed by atoms with van der Waals surface area (Å²) in [5.41, 5.74) is 1.87. The molecular weight excluding hydrogens is 268 g/mol. The van der Waals surface area contributed by atoms with Crippen LogP contribution in [0.25, 0.3) is 0 Å². The molecule has 0 atom stereocenters. The number of methoxy groups -OCH3 is 3. The SMILES string of the molecule is COc1cc(C(Cc2ccccc2)(OC)OC)ccc1O. The third-order valence-electron chi connectivity index (χ3n) is 3.56. The minimum atomic E-state index is -0.928. The molecule has 2 aromatic carbocycles. The zero-order chi connectivity index (χ0) is 15.3. The van der Waals surface area contributed by atoms with Crippen LogP contribution in [-0.4, -0.2) is 26.4 Å². The van der Waals surface area contributed by atoms with Crippen LogP contribution < -0.4 is 4.74 Å². The van der Waals surface area contributed by atoms with E-state index >= 15 is 0 Å². The van der Waals surface area contributed by atoms with E-state index in [2.05, 4.69) is 0 Å². The summed E-state index contributed by atoms with van der Waals surface area (Å²) in [7, 11) is 4.72. The molecule has 4 heteroatoms. The van der Waals surface area contributed by atoms with Gasteiger partial charge in [-0.3, -0.25) is 0 Å². The van der Waals surface area contributed by atoms with Crippen LogP contribution in [0.3, 0.4) is 0 Å². The fraction of sp³-hybridized carbons (Fsp3) is 0.294. The van der Waals surface area contributed by atoms with Gasteiger partial charge in [-0.15, -0.1) is 0 Å². The van der Waals surface area contributed by atoms with Crippen molar-refractivity contribution in [3.63, 3.8) is 0 Å². The van der Waals surface area contributed by atoms with Crippen LogP contribution in [0.2, 0.25) is 0 Å². The second kappa shape index (κ2) is 6.61. The Balaban J connectivity index is 2.42. The lowest BCUT2D eigenvalue weighted by atomic mass is 9.97. The summed E-state index contributed by atoms with van der Waals surface area (Å²) in [5, 5.41) is 9.73. The lowest BCUT2D eigenvalue weighted by Crippen LogP contribution is -2.33. The fourth-order valence-corrected chi connectivity index (χ4v) is 2.34. The van der Waals surface area contributed by atoms with Crippen LogP contribution in [0.4, 0.5) is 0 Å². The van der Waals surface area contributed by atoms with Gasteiger partial charge in [-0.05, 0) is 23.8 Å². The minimum absolute atomic E-state index is 0.0852. The van der Waals surface area contributed by atoms with Gasteiger partial charge in [-0.2, -0.15) is 0 Å². The van der Waals surface area contributed by atoms with Crippen LogP contribution in [-0.2, 0) is 21.7 Å². The van der Waals surface area contributed by atoms with E-state index in [4.69, 9.17) is 14.2 Å². The summed E-state index contributed by atoms with van der Waals surface area (Å²) < 4.78 is 16.5. The van der Waals surface area contributed by atoms with Gasteiger partial charge >= 0.3 is 0 Å². The third kappa shape index (κ3) is 3.17. The molecule has 0 fully saturated rings. The molecule has 0 aliphatic heterocycles. The summed E-state index contributed by atoms with van der Waals surface area (Å²) in [4.78, 5) is 0. The highest BCUT2D eigenvalue weighted by molar-refractivity contribution is 5.43. The van der Waals surface area contributed by atoms with Crippen molar-refractivity contribution < 1.29 is 19.3 Å². The third-order valence-corrected chi connectivity index (χ3v) is 3.56. The maximum atomic E-state index is 9.73. The average Bonchev–Trinajstić information content (AvgIpc) is 2.54. The van der Waals surface area contributed by atoms with E-state index in [-0.39, 0.29) is 5.75 Å². The van der Waals surface area contributed by atoms with Gasteiger partial charge in [-0.25, -0.2) is 0 Å². The lowest BCUT2D eigenvalue weighted by Gasteiger charge is -2.32. The van der Waals surface area contributed by atoms with Crippen LogP contribution >= 0.6 is 0 Å². The molecule has 2 rings (SSSR count). The zero-order valence-corrected chi connectivity index (χ0v) is 12.5. The number of aromatic hydroxyl groups is 1. The number of phenolic OH excluding ortho intramolecular Hbond substituents is 1.